The molecular formula is C15H23NO. The van der Waals surface area contributed by atoms with Crippen LogP contribution in [0.3, 0.4) is 0 Å². The zero-order chi connectivity index (χ0) is 12.7. The molecule has 17 heavy (non-hydrogen) atoms. The summed E-state index contributed by atoms with van der Waals surface area (Å²) < 4.78 is 5.64. The quantitative estimate of drug-likeness (QED) is 0.558. The minimum atomic E-state index is 0.374. The molecule has 1 aromatic carbocycles. The summed E-state index contributed by atoms with van der Waals surface area (Å²) in [5.41, 5.74) is 1.22. The predicted octanol–water partition coefficient (Wildman–Crippen LogP) is 3.91. The molecule has 0 heterocycles. The van der Waals surface area contributed by atoms with Crippen molar-refractivity contribution in [3.05, 3.63) is 35.9 Å². The van der Waals surface area contributed by atoms with E-state index in [9.17, 15) is 0 Å². The monoisotopic (exact) mass is 233 g/mol. The van der Waals surface area contributed by atoms with Gasteiger partial charge in [0, 0.05) is 5.92 Å². The van der Waals surface area contributed by atoms with E-state index in [0.717, 1.165) is 5.90 Å². The fourth-order valence-corrected chi connectivity index (χ4v) is 1.51. The van der Waals surface area contributed by atoms with Gasteiger partial charge in [0.1, 0.15) is 0 Å². The molecule has 2 heteroatoms. The lowest BCUT2D eigenvalue weighted by atomic mass is 9.98. The number of aliphatic imine (C=N–C) groups is 1. The highest BCUT2D eigenvalue weighted by Crippen LogP contribution is 2.14. The first kappa shape index (κ1) is 13.8. The Kier molecular flexibility index (Phi) is 5.75. The largest absolute Gasteiger partial charge is 0.481 e. The van der Waals surface area contributed by atoms with Gasteiger partial charge >= 0.3 is 0 Å². The molecule has 0 spiro atoms. The van der Waals surface area contributed by atoms with Crippen molar-refractivity contribution in [1.29, 1.82) is 0 Å². The van der Waals surface area contributed by atoms with Crippen molar-refractivity contribution in [3.8, 4) is 0 Å². The van der Waals surface area contributed by atoms with Crippen LogP contribution in [0.25, 0.3) is 0 Å². The second-order valence-electron chi connectivity index (χ2n) is 4.61. The summed E-state index contributed by atoms with van der Waals surface area (Å²) in [7, 11) is 0. The Bertz CT molecular complexity index is 343. The number of ether oxygens (including phenoxy) is 1. The van der Waals surface area contributed by atoms with Gasteiger partial charge in [-0.3, -0.25) is 4.99 Å². The Morgan fingerprint density at radius 3 is 2.35 bits per heavy atom. The van der Waals surface area contributed by atoms with Crippen molar-refractivity contribution >= 4 is 5.90 Å². The van der Waals surface area contributed by atoms with Crippen LogP contribution in [0.1, 0.15) is 33.3 Å². The number of nitrogens with zero attached hydrogens (tertiary/aromatic N) is 1. The smallest absolute Gasteiger partial charge is 0.186 e. The van der Waals surface area contributed by atoms with Gasteiger partial charge < -0.3 is 4.74 Å². The van der Waals surface area contributed by atoms with Crippen molar-refractivity contribution in [2.24, 2.45) is 16.8 Å². The SMILES string of the molecule is CCO/C(=N/Cc1ccccc1)C(C)C(C)C. The van der Waals surface area contributed by atoms with Gasteiger partial charge in [-0.1, -0.05) is 51.1 Å². The molecule has 0 fully saturated rings. The van der Waals surface area contributed by atoms with E-state index in [-0.39, 0.29) is 0 Å². The van der Waals surface area contributed by atoms with Crippen LogP contribution in [0.4, 0.5) is 0 Å². The van der Waals surface area contributed by atoms with Crippen LogP contribution in [-0.2, 0) is 11.3 Å². The fourth-order valence-electron chi connectivity index (χ4n) is 1.51. The molecule has 0 aromatic heterocycles. The van der Waals surface area contributed by atoms with E-state index < -0.39 is 0 Å². The first-order valence-electron chi connectivity index (χ1n) is 6.36. The third kappa shape index (κ3) is 4.59. The molecule has 1 aromatic rings. The standard InChI is InChI=1S/C15H23NO/c1-5-17-15(13(4)12(2)3)16-11-14-9-7-6-8-10-14/h6-10,12-13H,5,11H2,1-4H3/b16-15+. The van der Waals surface area contributed by atoms with E-state index in [0.29, 0.717) is 25.0 Å². The van der Waals surface area contributed by atoms with Crippen LogP contribution < -0.4 is 0 Å². The average Bonchev–Trinajstić information content (AvgIpc) is 2.34. The van der Waals surface area contributed by atoms with Crippen molar-refractivity contribution in [3.63, 3.8) is 0 Å². The molecule has 0 N–H and O–H groups in total. The molecule has 1 atom stereocenters. The summed E-state index contributed by atoms with van der Waals surface area (Å²) in [6, 6.07) is 10.3. The third-order valence-electron chi connectivity index (χ3n) is 2.94. The molecule has 94 valence electrons. The molecule has 2 nitrogen and oxygen atoms in total. The molecule has 0 radical (unpaired) electrons. The van der Waals surface area contributed by atoms with Gasteiger partial charge in [0.25, 0.3) is 0 Å². The Morgan fingerprint density at radius 2 is 1.82 bits per heavy atom. The van der Waals surface area contributed by atoms with E-state index >= 15 is 0 Å². The summed E-state index contributed by atoms with van der Waals surface area (Å²) in [6.45, 7) is 9.95. The van der Waals surface area contributed by atoms with Crippen molar-refractivity contribution in [2.45, 2.75) is 34.2 Å². The summed E-state index contributed by atoms with van der Waals surface area (Å²) >= 11 is 0. The van der Waals surface area contributed by atoms with E-state index in [4.69, 9.17) is 4.74 Å². The molecule has 1 rings (SSSR count). The lowest BCUT2D eigenvalue weighted by Crippen LogP contribution is -2.20. The first-order valence-corrected chi connectivity index (χ1v) is 6.36. The molecule has 1 unspecified atom stereocenters. The molecule has 0 saturated heterocycles. The zero-order valence-electron chi connectivity index (χ0n) is 11.3. The van der Waals surface area contributed by atoms with Gasteiger partial charge in [0.05, 0.1) is 13.2 Å². The molecule has 0 aliphatic heterocycles. The number of hydrogen-bond donors (Lipinski definition) is 0. The van der Waals surface area contributed by atoms with Crippen LogP contribution in [0.15, 0.2) is 35.3 Å². The molecule has 0 aliphatic carbocycles. The van der Waals surface area contributed by atoms with Crippen LogP contribution in [0, 0.1) is 11.8 Å². The summed E-state index contributed by atoms with van der Waals surface area (Å²) in [5.74, 6) is 1.81. The van der Waals surface area contributed by atoms with Gasteiger partial charge in [-0.25, -0.2) is 0 Å². The Morgan fingerprint density at radius 1 is 1.18 bits per heavy atom. The predicted molar refractivity (Wildman–Crippen MR) is 73.2 cm³/mol. The minimum absolute atomic E-state index is 0.374. The lowest BCUT2D eigenvalue weighted by Gasteiger charge is -2.18. The summed E-state index contributed by atoms with van der Waals surface area (Å²) in [6.07, 6.45) is 0. The summed E-state index contributed by atoms with van der Waals surface area (Å²) in [4.78, 5) is 4.60. The highest BCUT2D eigenvalue weighted by molar-refractivity contribution is 5.78. The molecular weight excluding hydrogens is 210 g/mol. The third-order valence-corrected chi connectivity index (χ3v) is 2.94. The second kappa shape index (κ2) is 7.10. The van der Waals surface area contributed by atoms with Gasteiger partial charge in [-0.2, -0.15) is 0 Å². The van der Waals surface area contributed by atoms with E-state index in [2.05, 4.69) is 37.9 Å². The Balaban J connectivity index is 2.70. The van der Waals surface area contributed by atoms with E-state index in [1.54, 1.807) is 0 Å². The zero-order valence-corrected chi connectivity index (χ0v) is 11.3. The maximum Gasteiger partial charge on any atom is 0.186 e. The molecule has 0 amide bonds. The fraction of sp³-hybridized carbons (Fsp3) is 0.533. The molecule has 0 aliphatic rings. The van der Waals surface area contributed by atoms with E-state index in [1.807, 2.05) is 25.1 Å². The van der Waals surface area contributed by atoms with Crippen LogP contribution >= 0.6 is 0 Å². The van der Waals surface area contributed by atoms with Crippen molar-refractivity contribution < 1.29 is 4.74 Å². The Hall–Kier alpha value is -1.31. The van der Waals surface area contributed by atoms with Crippen LogP contribution in [0.5, 0.6) is 0 Å². The van der Waals surface area contributed by atoms with Crippen LogP contribution in [-0.4, -0.2) is 12.5 Å². The van der Waals surface area contributed by atoms with Gasteiger partial charge in [0.2, 0.25) is 0 Å². The Labute approximate surface area is 105 Å². The molecule has 0 saturated carbocycles. The maximum absolute atomic E-state index is 5.64. The van der Waals surface area contributed by atoms with E-state index in [1.165, 1.54) is 5.56 Å². The highest BCUT2D eigenvalue weighted by Gasteiger charge is 2.15. The topological polar surface area (TPSA) is 21.6 Å². The number of rotatable bonds is 5. The van der Waals surface area contributed by atoms with Crippen molar-refractivity contribution in [1.82, 2.24) is 0 Å². The van der Waals surface area contributed by atoms with Gasteiger partial charge in [-0.15, -0.1) is 0 Å². The highest BCUT2D eigenvalue weighted by atomic mass is 16.5. The minimum Gasteiger partial charge on any atom is -0.481 e. The maximum atomic E-state index is 5.64. The first-order chi connectivity index (χ1) is 8.15. The summed E-state index contributed by atoms with van der Waals surface area (Å²) in [5, 5.41) is 0. The lowest BCUT2D eigenvalue weighted by molar-refractivity contribution is 0.286. The van der Waals surface area contributed by atoms with Gasteiger partial charge in [-0.05, 0) is 18.4 Å². The van der Waals surface area contributed by atoms with Crippen molar-refractivity contribution in [2.75, 3.05) is 6.61 Å². The molecule has 0 bridgehead atoms. The van der Waals surface area contributed by atoms with Crippen LogP contribution in [0.2, 0.25) is 0 Å². The normalized spacial score (nSPS) is 13.8. The average molecular weight is 233 g/mol. The number of benzene rings is 1. The van der Waals surface area contributed by atoms with Gasteiger partial charge in [0.15, 0.2) is 5.90 Å². The second-order valence-corrected chi connectivity index (χ2v) is 4.61. The number of hydrogen-bond acceptors (Lipinski definition) is 2.